The monoisotopic (exact) mass is 345 g/mol. The third-order valence-electron chi connectivity index (χ3n) is 3.80. The van der Waals surface area contributed by atoms with Crippen molar-refractivity contribution < 1.29 is 23.5 Å². The van der Waals surface area contributed by atoms with Crippen LogP contribution >= 0.6 is 0 Å². The molecular weight excluding hydrogens is 325 g/mol. The molecule has 2 aromatic rings. The lowest BCUT2D eigenvalue weighted by molar-refractivity contribution is -0.152. The number of hydrogen-bond acceptors (Lipinski definition) is 5. The van der Waals surface area contributed by atoms with Crippen LogP contribution in [0, 0.1) is 18.2 Å². The molecule has 0 amide bonds. The highest BCUT2D eigenvalue weighted by atomic mass is 19.1. The molecular formula is C19H20FNO4. The van der Waals surface area contributed by atoms with E-state index in [1.807, 2.05) is 13.0 Å². The van der Waals surface area contributed by atoms with Gasteiger partial charge in [-0.3, -0.25) is 9.59 Å². The fourth-order valence-electron chi connectivity index (χ4n) is 2.26. The van der Waals surface area contributed by atoms with E-state index < -0.39 is 11.2 Å². The van der Waals surface area contributed by atoms with Gasteiger partial charge in [-0.2, -0.15) is 0 Å². The average Bonchev–Trinajstić information content (AvgIpc) is 2.59. The molecule has 5 nitrogen and oxygen atoms in total. The maximum atomic E-state index is 13.8. The number of halogens is 1. The summed E-state index contributed by atoms with van der Waals surface area (Å²) in [6.45, 7) is 5.38. The number of aryl methyl sites for hydroxylation is 1. The van der Waals surface area contributed by atoms with E-state index in [4.69, 9.17) is 9.47 Å². The molecule has 0 saturated carbocycles. The number of carbonyl (C=O) groups excluding carboxylic acids is 2. The van der Waals surface area contributed by atoms with Gasteiger partial charge < -0.3 is 9.47 Å². The summed E-state index contributed by atoms with van der Waals surface area (Å²) in [5.41, 5.74) is 1.28. The summed E-state index contributed by atoms with van der Waals surface area (Å²) in [6.07, 6.45) is 2.03. The molecule has 0 saturated heterocycles. The summed E-state index contributed by atoms with van der Waals surface area (Å²) < 4.78 is 24.1. The lowest BCUT2D eigenvalue weighted by Gasteiger charge is -2.21. The van der Waals surface area contributed by atoms with Gasteiger partial charge in [0.1, 0.15) is 12.4 Å². The number of ether oxygens (including phenoxy) is 2. The molecule has 0 radical (unpaired) electrons. The van der Waals surface area contributed by atoms with Crippen LogP contribution in [0.3, 0.4) is 0 Å². The van der Waals surface area contributed by atoms with Crippen LogP contribution in [0.1, 0.15) is 29.8 Å². The van der Waals surface area contributed by atoms with E-state index in [1.165, 1.54) is 19.2 Å². The Morgan fingerprint density at radius 3 is 2.56 bits per heavy atom. The molecule has 0 aliphatic rings. The highest BCUT2D eigenvalue weighted by Crippen LogP contribution is 2.26. The first kappa shape index (κ1) is 18.6. The topological polar surface area (TPSA) is 65.5 Å². The van der Waals surface area contributed by atoms with Crippen LogP contribution in [-0.2, 0) is 9.53 Å². The van der Waals surface area contributed by atoms with Crippen LogP contribution in [0.2, 0.25) is 0 Å². The molecule has 25 heavy (non-hydrogen) atoms. The number of pyridine rings is 1. The predicted molar refractivity (Wildman–Crippen MR) is 91.0 cm³/mol. The Balaban J connectivity index is 2.19. The summed E-state index contributed by atoms with van der Waals surface area (Å²) in [6, 6.07) is 6.18. The highest BCUT2D eigenvalue weighted by molar-refractivity contribution is 5.77. The number of methoxy groups -OCH3 is 1. The van der Waals surface area contributed by atoms with Crippen molar-refractivity contribution in [2.24, 2.45) is 5.41 Å². The number of aromatic nitrogens is 1. The second kappa shape index (κ2) is 7.42. The maximum absolute atomic E-state index is 13.8. The fourth-order valence-corrected chi connectivity index (χ4v) is 2.26. The van der Waals surface area contributed by atoms with Gasteiger partial charge in [0, 0.05) is 17.3 Å². The summed E-state index contributed by atoms with van der Waals surface area (Å²) >= 11 is 0. The van der Waals surface area contributed by atoms with Gasteiger partial charge in [0.15, 0.2) is 6.29 Å². The average molecular weight is 345 g/mol. The Hall–Kier alpha value is -2.76. The van der Waals surface area contributed by atoms with Crippen molar-refractivity contribution in [1.29, 1.82) is 0 Å². The molecule has 1 aromatic carbocycles. The minimum Gasteiger partial charge on any atom is -0.476 e. The molecule has 0 fully saturated rings. The van der Waals surface area contributed by atoms with E-state index in [0.29, 0.717) is 23.3 Å². The molecule has 6 heteroatoms. The molecule has 132 valence electrons. The van der Waals surface area contributed by atoms with Crippen LogP contribution in [-0.4, -0.2) is 31.0 Å². The molecule has 0 aliphatic heterocycles. The van der Waals surface area contributed by atoms with Crippen molar-refractivity contribution in [1.82, 2.24) is 4.98 Å². The molecule has 2 rings (SSSR count). The molecule has 1 heterocycles. The van der Waals surface area contributed by atoms with Gasteiger partial charge in [-0.05, 0) is 44.5 Å². The van der Waals surface area contributed by atoms with Crippen LogP contribution in [0.25, 0.3) is 11.1 Å². The quantitative estimate of drug-likeness (QED) is 0.591. The molecule has 0 spiro atoms. The van der Waals surface area contributed by atoms with Crippen molar-refractivity contribution in [2.45, 2.75) is 20.8 Å². The Morgan fingerprint density at radius 1 is 1.28 bits per heavy atom. The van der Waals surface area contributed by atoms with E-state index in [2.05, 4.69) is 4.98 Å². The maximum Gasteiger partial charge on any atom is 0.314 e. The highest BCUT2D eigenvalue weighted by Gasteiger charge is 2.30. The number of esters is 1. The molecule has 0 N–H and O–H groups in total. The van der Waals surface area contributed by atoms with Gasteiger partial charge >= 0.3 is 5.97 Å². The van der Waals surface area contributed by atoms with E-state index in [0.717, 1.165) is 5.56 Å². The van der Waals surface area contributed by atoms with Crippen molar-refractivity contribution in [3.63, 3.8) is 0 Å². The number of carbonyl (C=O) groups is 2. The standard InChI is InChI=1S/C19H20FNO4/c1-12-7-15(13-5-6-14(10-22)16(20)8-13)9-21-17(12)25-11-19(2,3)18(23)24-4/h5-10H,11H2,1-4H3. The lowest BCUT2D eigenvalue weighted by atomic mass is 9.95. The zero-order valence-electron chi connectivity index (χ0n) is 14.6. The van der Waals surface area contributed by atoms with Crippen LogP contribution in [0.15, 0.2) is 30.5 Å². The van der Waals surface area contributed by atoms with Gasteiger partial charge in [0.05, 0.1) is 18.1 Å². The number of nitrogens with zero attached hydrogens (tertiary/aromatic N) is 1. The summed E-state index contributed by atoms with van der Waals surface area (Å²) in [5, 5.41) is 0. The van der Waals surface area contributed by atoms with Crippen LogP contribution in [0.4, 0.5) is 4.39 Å². The normalized spacial score (nSPS) is 11.1. The Bertz CT molecular complexity index is 802. The minimum absolute atomic E-state index is 0.0124. The Labute approximate surface area is 145 Å². The SMILES string of the molecule is COC(=O)C(C)(C)COc1ncc(-c2ccc(C=O)c(F)c2)cc1C. The molecule has 0 bridgehead atoms. The van der Waals surface area contributed by atoms with Crippen molar-refractivity contribution in [3.8, 4) is 17.0 Å². The van der Waals surface area contributed by atoms with E-state index in [9.17, 15) is 14.0 Å². The number of rotatable bonds is 6. The Morgan fingerprint density at radius 2 is 2.00 bits per heavy atom. The molecule has 0 unspecified atom stereocenters. The molecule has 0 atom stereocenters. The second-order valence-electron chi connectivity index (χ2n) is 6.36. The second-order valence-corrected chi connectivity index (χ2v) is 6.36. The van der Waals surface area contributed by atoms with Crippen LogP contribution in [0.5, 0.6) is 5.88 Å². The van der Waals surface area contributed by atoms with E-state index in [1.54, 1.807) is 26.1 Å². The van der Waals surface area contributed by atoms with Crippen LogP contribution < -0.4 is 4.74 Å². The van der Waals surface area contributed by atoms with E-state index in [-0.39, 0.29) is 18.1 Å². The number of hydrogen-bond donors (Lipinski definition) is 0. The molecule has 0 aliphatic carbocycles. The smallest absolute Gasteiger partial charge is 0.314 e. The van der Waals surface area contributed by atoms with Gasteiger partial charge in [-0.1, -0.05) is 6.07 Å². The zero-order valence-corrected chi connectivity index (χ0v) is 14.6. The summed E-state index contributed by atoms with van der Waals surface area (Å²) in [4.78, 5) is 26.6. The lowest BCUT2D eigenvalue weighted by Crippen LogP contribution is -2.32. The third-order valence-corrected chi connectivity index (χ3v) is 3.80. The predicted octanol–water partition coefficient (Wildman–Crippen LogP) is 3.59. The largest absolute Gasteiger partial charge is 0.476 e. The first-order valence-electron chi connectivity index (χ1n) is 7.71. The minimum atomic E-state index is -0.796. The molecule has 1 aromatic heterocycles. The van der Waals surface area contributed by atoms with Gasteiger partial charge in [0.2, 0.25) is 5.88 Å². The fraction of sp³-hybridized carbons (Fsp3) is 0.316. The summed E-state index contributed by atoms with van der Waals surface area (Å²) in [7, 11) is 1.33. The zero-order chi connectivity index (χ0) is 18.6. The van der Waals surface area contributed by atoms with Crippen molar-refractivity contribution in [3.05, 3.63) is 47.4 Å². The summed E-state index contributed by atoms with van der Waals surface area (Å²) in [5.74, 6) is -0.552. The number of aldehydes is 1. The first-order valence-corrected chi connectivity index (χ1v) is 7.71. The van der Waals surface area contributed by atoms with Gasteiger partial charge in [-0.25, -0.2) is 9.37 Å². The van der Waals surface area contributed by atoms with E-state index >= 15 is 0 Å². The Kier molecular flexibility index (Phi) is 5.51. The first-order chi connectivity index (χ1) is 11.8. The number of benzene rings is 1. The van der Waals surface area contributed by atoms with Gasteiger partial charge in [0.25, 0.3) is 0 Å². The van der Waals surface area contributed by atoms with Crippen molar-refractivity contribution >= 4 is 12.3 Å². The third kappa shape index (κ3) is 4.21. The van der Waals surface area contributed by atoms with Crippen molar-refractivity contribution in [2.75, 3.05) is 13.7 Å². The van der Waals surface area contributed by atoms with Gasteiger partial charge in [-0.15, -0.1) is 0 Å².